The van der Waals surface area contributed by atoms with E-state index in [9.17, 15) is 33.0 Å². The predicted octanol–water partition coefficient (Wildman–Crippen LogP) is 1.13. The van der Waals surface area contributed by atoms with Crippen molar-refractivity contribution in [1.29, 1.82) is 0 Å². The van der Waals surface area contributed by atoms with E-state index in [2.05, 4.69) is 15.6 Å². The lowest BCUT2D eigenvalue weighted by molar-refractivity contribution is -0.134. The minimum atomic E-state index is -1.69. The SMILES string of the molecule is O=C(N[C@@H]1C(=O)NC[C@H]1O)[C@H](O)Cc1c(-c2ccc(F)cc2)[nH]c2c(F)cc(F)cc12. The van der Waals surface area contributed by atoms with Crippen molar-refractivity contribution in [2.75, 3.05) is 6.54 Å². The highest BCUT2D eigenvalue weighted by Gasteiger charge is 2.36. The Morgan fingerprint density at radius 2 is 1.87 bits per heavy atom. The van der Waals surface area contributed by atoms with E-state index in [1.54, 1.807) is 0 Å². The van der Waals surface area contributed by atoms with Gasteiger partial charge in [0, 0.05) is 30.1 Å². The molecule has 0 spiro atoms. The molecule has 1 aliphatic heterocycles. The molecule has 7 nitrogen and oxygen atoms in total. The first-order valence-corrected chi connectivity index (χ1v) is 9.44. The molecule has 4 rings (SSSR count). The molecule has 1 saturated heterocycles. The molecule has 2 aromatic carbocycles. The Bertz CT molecular complexity index is 1160. The number of benzene rings is 2. The molecule has 162 valence electrons. The number of rotatable bonds is 5. The number of β-amino-alcohol motifs (C(OH)–C–C–N with tert-alkyl or cyclic N) is 1. The van der Waals surface area contributed by atoms with E-state index in [1.165, 1.54) is 24.3 Å². The standard InChI is InChI=1S/C21H18F3N3O4/c22-10-3-1-9(2-4-10)17-13(12-5-11(23)6-14(24)18(12)26-17)7-15(28)20(30)27-19-16(29)8-25-21(19)31/h1-6,15-16,19,26,28-29H,7-8H2,(H,25,31)(H,27,30)/t15-,16-,19+/m1/s1. The molecule has 0 radical (unpaired) electrons. The Balaban J connectivity index is 1.69. The summed E-state index contributed by atoms with van der Waals surface area (Å²) in [6.45, 7) is -0.0322. The molecule has 5 N–H and O–H groups in total. The maximum Gasteiger partial charge on any atom is 0.249 e. The maximum atomic E-state index is 14.3. The molecule has 2 amide bonds. The Morgan fingerprint density at radius 1 is 1.16 bits per heavy atom. The lowest BCUT2D eigenvalue weighted by Crippen LogP contribution is -2.49. The Morgan fingerprint density at radius 3 is 2.52 bits per heavy atom. The lowest BCUT2D eigenvalue weighted by atomic mass is 9.99. The summed E-state index contributed by atoms with van der Waals surface area (Å²) in [6.07, 6.45) is -3.19. The van der Waals surface area contributed by atoms with E-state index in [4.69, 9.17) is 0 Å². The second-order valence-electron chi connectivity index (χ2n) is 7.31. The summed E-state index contributed by atoms with van der Waals surface area (Å²) in [6, 6.07) is 5.76. The second kappa shape index (κ2) is 8.05. The van der Waals surface area contributed by atoms with Crippen LogP contribution >= 0.6 is 0 Å². The van der Waals surface area contributed by atoms with E-state index in [-0.39, 0.29) is 35.1 Å². The zero-order valence-electron chi connectivity index (χ0n) is 16.0. The van der Waals surface area contributed by atoms with Crippen molar-refractivity contribution in [3.05, 3.63) is 59.4 Å². The van der Waals surface area contributed by atoms with Gasteiger partial charge >= 0.3 is 0 Å². The molecule has 1 fully saturated rings. The van der Waals surface area contributed by atoms with Gasteiger partial charge in [0.25, 0.3) is 0 Å². The van der Waals surface area contributed by atoms with E-state index in [0.29, 0.717) is 11.6 Å². The molecule has 1 aliphatic rings. The first-order valence-electron chi connectivity index (χ1n) is 9.44. The molecular formula is C21H18F3N3O4. The largest absolute Gasteiger partial charge is 0.389 e. The van der Waals surface area contributed by atoms with Gasteiger partial charge in [0.1, 0.15) is 35.7 Å². The third kappa shape index (κ3) is 3.99. The van der Waals surface area contributed by atoms with Gasteiger partial charge in [0.2, 0.25) is 11.8 Å². The van der Waals surface area contributed by atoms with Crippen LogP contribution in [0.1, 0.15) is 5.56 Å². The second-order valence-corrected chi connectivity index (χ2v) is 7.31. The fraction of sp³-hybridized carbons (Fsp3) is 0.238. The van der Waals surface area contributed by atoms with Crippen molar-refractivity contribution in [3.8, 4) is 11.3 Å². The molecule has 0 bridgehead atoms. The van der Waals surface area contributed by atoms with Crippen molar-refractivity contribution in [2.24, 2.45) is 0 Å². The van der Waals surface area contributed by atoms with Gasteiger partial charge in [-0.2, -0.15) is 0 Å². The lowest BCUT2D eigenvalue weighted by Gasteiger charge is -2.17. The van der Waals surface area contributed by atoms with E-state index >= 15 is 0 Å². The molecule has 1 aromatic heterocycles. The Kier molecular flexibility index (Phi) is 5.42. The summed E-state index contributed by atoms with van der Waals surface area (Å²) >= 11 is 0. The summed E-state index contributed by atoms with van der Waals surface area (Å²) in [7, 11) is 0. The molecule has 3 aromatic rings. The monoisotopic (exact) mass is 433 g/mol. The summed E-state index contributed by atoms with van der Waals surface area (Å²) < 4.78 is 41.5. The van der Waals surface area contributed by atoms with Crippen LogP contribution in [0.15, 0.2) is 36.4 Å². The normalized spacial score (nSPS) is 19.5. The zero-order chi connectivity index (χ0) is 22.3. The number of carbonyl (C=O) groups excluding carboxylic acids is 2. The number of amides is 2. The number of aliphatic hydroxyl groups excluding tert-OH is 2. The quantitative estimate of drug-likeness (QED) is 0.415. The maximum absolute atomic E-state index is 14.3. The van der Waals surface area contributed by atoms with Crippen molar-refractivity contribution in [2.45, 2.75) is 24.7 Å². The molecule has 0 unspecified atom stereocenters. The van der Waals surface area contributed by atoms with Crippen molar-refractivity contribution >= 4 is 22.7 Å². The molecule has 0 aliphatic carbocycles. The summed E-state index contributed by atoms with van der Waals surface area (Å²) in [5, 5.41) is 25.0. The van der Waals surface area contributed by atoms with Crippen molar-refractivity contribution in [3.63, 3.8) is 0 Å². The molecule has 3 atom stereocenters. The van der Waals surface area contributed by atoms with Crippen LogP contribution in [0.5, 0.6) is 0 Å². The van der Waals surface area contributed by atoms with Crippen LogP contribution in [0, 0.1) is 17.5 Å². The smallest absolute Gasteiger partial charge is 0.249 e. The van der Waals surface area contributed by atoms with Crippen molar-refractivity contribution in [1.82, 2.24) is 15.6 Å². The minimum Gasteiger partial charge on any atom is -0.389 e. The van der Waals surface area contributed by atoms with Gasteiger partial charge in [-0.1, -0.05) is 0 Å². The summed E-state index contributed by atoms with van der Waals surface area (Å²) in [4.78, 5) is 26.9. The average Bonchev–Trinajstić information content (AvgIpc) is 3.23. The topological polar surface area (TPSA) is 114 Å². The highest BCUT2D eigenvalue weighted by atomic mass is 19.1. The summed E-state index contributed by atoms with van der Waals surface area (Å²) in [5.41, 5.74) is 0.920. The number of hydrogen-bond acceptors (Lipinski definition) is 4. The van der Waals surface area contributed by atoms with Crippen LogP contribution in [0.3, 0.4) is 0 Å². The highest BCUT2D eigenvalue weighted by Crippen LogP contribution is 2.33. The van der Waals surface area contributed by atoms with Crippen molar-refractivity contribution < 1.29 is 33.0 Å². The number of fused-ring (bicyclic) bond motifs is 1. The molecular weight excluding hydrogens is 415 g/mol. The average molecular weight is 433 g/mol. The van der Waals surface area contributed by atoms with Gasteiger partial charge in [-0.15, -0.1) is 0 Å². The van der Waals surface area contributed by atoms with Gasteiger partial charge in [0.15, 0.2) is 0 Å². The number of H-pyrrole nitrogens is 1. The molecule has 0 saturated carbocycles. The van der Waals surface area contributed by atoms with E-state index in [1.807, 2.05) is 0 Å². The fourth-order valence-electron chi connectivity index (χ4n) is 3.65. The molecule has 2 heterocycles. The zero-order valence-corrected chi connectivity index (χ0v) is 16.0. The van der Waals surface area contributed by atoms with Crippen LogP contribution in [0.25, 0.3) is 22.2 Å². The highest BCUT2D eigenvalue weighted by molar-refractivity contribution is 5.94. The van der Waals surface area contributed by atoms with Gasteiger partial charge in [0.05, 0.1) is 5.52 Å². The number of aromatic nitrogens is 1. The molecule has 10 heteroatoms. The minimum absolute atomic E-state index is 0.0322. The van der Waals surface area contributed by atoms with Crippen LogP contribution in [-0.4, -0.2) is 51.8 Å². The number of hydrogen-bond donors (Lipinski definition) is 5. The first kappa shape index (κ1) is 20.9. The van der Waals surface area contributed by atoms with Crippen LogP contribution < -0.4 is 10.6 Å². The first-order chi connectivity index (χ1) is 14.7. The van der Waals surface area contributed by atoms with E-state index < -0.39 is 47.5 Å². The van der Waals surface area contributed by atoms with Crippen LogP contribution in [-0.2, 0) is 16.0 Å². The third-order valence-corrected chi connectivity index (χ3v) is 5.22. The Hall–Kier alpha value is -3.37. The van der Waals surface area contributed by atoms with Gasteiger partial charge in [-0.05, 0) is 41.5 Å². The fourth-order valence-corrected chi connectivity index (χ4v) is 3.65. The molecule has 31 heavy (non-hydrogen) atoms. The van der Waals surface area contributed by atoms with Crippen LogP contribution in [0.4, 0.5) is 13.2 Å². The number of aliphatic hydroxyl groups is 2. The van der Waals surface area contributed by atoms with Gasteiger partial charge in [-0.25, -0.2) is 13.2 Å². The number of carbonyl (C=O) groups is 2. The number of nitrogens with one attached hydrogen (secondary N) is 3. The van der Waals surface area contributed by atoms with Crippen LogP contribution in [0.2, 0.25) is 0 Å². The predicted molar refractivity (Wildman–Crippen MR) is 104 cm³/mol. The Labute approximate surface area is 173 Å². The van der Waals surface area contributed by atoms with E-state index in [0.717, 1.165) is 6.07 Å². The number of aromatic amines is 1. The third-order valence-electron chi connectivity index (χ3n) is 5.22. The van der Waals surface area contributed by atoms with Gasteiger partial charge < -0.3 is 25.8 Å². The van der Waals surface area contributed by atoms with Gasteiger partial charge in [-0.3, -0.25) is 9.59 Å². The summed E-state index contributed by atoms with van der Waals surface area (Å²) in [5.74, 6) is -3.73. The number of halogens is 3.